The van der Waals surface area contributed by atoms with Gasteiger partial charge in [0.05, 0.1) is 11.9 Å². The van der Waals surface area contributed by atoms with Gasteiger partial charge in [-0.2, -0.15) is 18.3 Å². The lowest BCUT2D eigenvalue weighted by atomic mass is 10.1. The Morgan fingerprint density at radius 3 is 2.43 bits per heavy atom. The third-order valence-corrected chi connectivity index (χ3v) is 3.38. The molecule has 1 amide bonds. The standard InChI is InChI=1S/C15H11F3N4O/c1-8-2-4-9(5-3-8)11-6-12(15(16,17)18)22-14(21-11)10(7-20-22)13(19)23/h2-7H,1H3,(H2,19,23). The van der Waals surface area contributed by atoms with Crippen LogP contribution in [0.25, 0.3) is 16.9 Å². The van der Waals surface area contributed by atoms with Gasteiger partial charge in [-0.25, -0.2) is 9.50 Å². The molecule has 0 unspecified atom stereocenters. The van der Waals surface area contributed by atoms with E-state index in [1.165, 1.54) is 0 Å². The van der Waals surface area contributed by atoms with Crippen LogP contribution in [0.5, 0.6) is 0 Å². The van der Waals surface area contributed by atoms with Gasteiger partial charge in [-0.15, -0.1) is 0 Å². The Morgan fingerprint density at radius 1 is 1.22 bits per heavy atom. The monoisotopic (exact) mass is 320 g/mol. The average molecular weight is 320 g/mol. The zero-order chi connectivity index (χ0) is 16.8. The van der Waals surface area contributed by atoms with Gasteiger partial charge in [0, 0.05) is 5.56 Å². The summed E-state index contributed by atoms with van der Waals surface area (Å²) in [6.07, 6.45) is -3.67. The average Bonchev–Trinajstić information content (AvgIpc) is 2.89. The van der Waals surface area contributed by atoms with Crippen LogP contribution in [0, 0.1) is 6.92 Å². The molecular weight excluding hydrogens is 309 g/mol. The fraction of sp³-hybridized carbons (Fsp3) is 0.133. The summed E-state index contributed by atoms with van der Waals surface area (Å²) in [5.74, 6) is -0.887. The number of carbonyl (C=O) groups is 1. The Bertz CT molecular complexity index is 897. The summed E-state index contributed by atoms with van der Waals surface area (Å²) in [5.41, 5.74) is 5.33. The number of primary amides is 1. The van der Waals surface area contributed by atoms with Crippen LogP contribution in [0.15, 0.2) is 36.5 Å². The number of hydrogen-bond acceptors (Lipinski definition) is 3. The normalized spacial score (nSPS) is 11.8. The van der Waals surface area contributed by atoms with Gasteiger partial charge < -0.3 is 5.73 Å². The van der Waals surface area contributed by atoms with Crippen LogP contribution in [0.4, 0.5) is 13.2 Å². The topological polar surface area (TPSA) is 73.3 Å². The summed E-state index contributed by atoms with van der Waals surface area (Å²) in [6, 6.07) is 7.75. The van der Waals surface area contributed by atoms with Crippen molar-refractivity contribution >= 4 is 11.6 Å². The molecule has 23 heavy (non-hydrogen) atoms. The van der Waals surface area contributed by atoms with Gasteiger partial charge in [0.25, 0.3) is 5.91 Å². The van der Waals surface area contributed by atoms with Crippen molar-refractivity contribution in [3.8, 4) is 11.3 Å². The Kier molecular flexibility index (Phi) is 3.32. The van der Waals surface area contributed by atoms with Crippen molar-refractivity contribution in [1.29, 1.82) is 0 Å². The highest BCUT2D eigenvalue weighted by atomic mass is 19.4. The molecule has 1 aromatic carbocycles. The van der Waals surface area contributed by atoms with Gasteiger partial charge in [-0.3, -0.25) is 4.79 Å². The second-order valence-corrected chi connectivity index (χ2v) is 5.05. The maximum Gasteiger partial charge on any atom is 0.433 e. The minimum absolute atomic E-state index is 0.0906. The Balaban J connectivity index is 2.33. The molecule has 0 fully saturated rings. The number of halogens is 3. The number of nitrogens with two attached hydrogens (primary N) is 1. The van der Waals surface area contributed by atoms with E-state index in [9.17, 15) is 18.0 Å². The molecule has 5 nitrogen and oxygen atoms in total. The number of nitrogens with zero attached hydrogens (tertiary/aromatic N) is 3. The van der Waals surface area contributed by atoms with Gasteiger partial charge >= 0.3 is 6.18 Å². The molecule has 8 heteroatoms. The van der Waals surface area contributed by atoms with Crippen molar-refractivity contribution in [2.45, 2.75) is 13.1 Å². The predicted molar refractivity (Wildman–Crippen MR) is 76.7 cm³/mol. The van der Waals surface area contributed by atoms with E-state index in [1.807, 2.05) is 6.92 Å². The second kappa shape index (κ2) is 5.08. The number of carbonyl (C=O) groups excluding carboxylic acids is 1. The fourth-order valence-electron chi connectivity index (χ4n) is 2.21. The number of hydrogen-bond donors (Lipinski definition) is 1. The molecule has 0 bridgehead atoms. The first-order valence-corrected chi connectivity index (χ1v) is 6.60. The third kappa shape index (κ3) is 2.63. The Hall–Kier alpha value is -2.90. The van der Waals surface area contributed by atoms with Crippen molar-refractivity contribution in [2.75, 3.05) is 0 Å². The smallest absolute Gasteiger partial charge is 0.365 e. The van der Waals surface area contributed by atoms with Gasteiger partial charge in [0.15, 0.2) is 11.3 Å². The fourth-order valence-corrected chi connectivity index (χ4v) is 2.21. The van der Waals surface area contributed by atoms with Crippen molar-refractivity contribution in [2.24, 2.45) is 5.73 Å². The molecule has 2 aromatic heterocycles. The lowest BCUT2D eigenvalue weighted by Gasteiger charge is -2.11. The number of aromatic nitrogens is 3. The molecule has 0 aliphatic rings. The molecule has 0 aliphatic heterocycles. The highest BCUT2D eigenvalue weighted by Crippen LogP contribution is 2.32. The summed E-state index contributed by atoms with van der Waals surface area (Å²) in [7, 11) is 0. The quantitative estimate of drug-likeness (QED) is 0.789. The molecule has 0 spiro atoms. The Morgan fingerprint density at radius 2 is 1.87 bits per heavy atom. The molecule has 3 aromatic rings. The molecular formula is C15H11F3N4O. The summed E-state index contributed by atoms with van der Waals surface area (Å²) >= 11 is 0. The van der Waals surface area contributed by atoms with Crippen molar-refractivity contribution in [3.05, 3.63) is 53.3 Å². The van der Waals surface area contributed by atoms with Gasteiger partial charge in [-0.05, 0) is 13.0 Å². The largest absolute Gasteiger partial charge is 0.433 e. The van der Waals surface area contributed by atoms with Gasteiger partial charge in [0.1, 0.15) is 5.56 Å². The summed E-state index contributed by atoms with van der Waals surface area (Å²) in [5, 5.41) is 3.59. The second-order valence-electron chi connectivity index (χ2n) is 5.05. The summed E-state index contributed by atoms with van der Waals surface area (Å²) in [4.78, 5) is 15.5. The molecule has 0 radical (unpaired) electrons. The number of amides is 1. The van der Waals surface area contributed by atoms with Crippen molar-refractivity contribution in [1.82, 2.24) is 14.6 Å². The maximum atomic E-state index is 13.3. The lowest BCUT2D eigenvalue weighted by molar-refractivity contribution is -0.142. The first-order chi connectivity index (χ1) is 10.8. The molecule has 2 N–H and O–H groups in total. The van der Waals surface area contributed by atoms with Crippen LogP contribution in [-0.2, 0) is 6.18 Å². The molecule has 2 heterocycles. The van der Waals surface area contributed by atoms with Crippen LogP contribution in [-0.4, -0.2) is 20.5 Å². The SMILES string of the molecule is Cc1ccc(-c2cc(C(F)(F)F)n3ncc(C(N)=O)c3n2)cc1. The highest BCUT2D eigenvalue weighted by Gasteiger charge is 2.35. The number of aryl methyl sites for hydroxylation is 1. The molecule has 0 saturated heterocycles. The van der Waals surface area contributed by atoms with Crippen molar-refractivity contribution < 1.29 is 18.0 Å². The number of fused-ring (bicyclic) bond motifs is 1. The van der Waals surface area contributed by atoms with Gasteiger partial charge in [0.2, 0.25) is 0 Å². The van der Waals surface area contributed by atoms with E-state index in [4.69, 9.17) is 5.73 Å². The molecule has 3 rings (SSSR count). The first kappa shape index (κ1) is 15.0. The molecule has 0 atom stereocenters. The van der Waals surface area contributed by atoms with Crippen LogP contribution in [0.2, 0.25) is 0 Å². The van der Waals surface area contributed by atoms with Crippen LogP contribution >= 0.6 is 0 Å². The zero-order valence-corrected chi connectivity index (χ0v) is 11.9. The Labute approximate surface area is 128 Å². The van der Waals surface area contributed by atoms with E-state index in [0.717, 1.165) is 17.8 Å². The van der Waals surface area contributed by atoms with Crippen LogP contribution < -0.4 is 5.73 Å². The lowest BCUT2D eigenvalue weighted by Crippen LogP contribution is -2.15. The number of alkyl halides is 3. The number of rotatable bonds is 2. The van der Waals surface area contributed by atoms with E-state index < -0.39 is 17.8 Å². The first-order valence-electron chi connectivity index (χ1n) is 6.60. The van der Waals surface area contributed by atoms with Crippen molar-refractivity contribution in [3.63, 3.8) is 0 Å². The summed E-state index contributed by atoms with van der Waals surface area (Å²) in [6.45, 7) is 1.86. The van der Waals surface area contributed by atoms with E-state index in [0.29, 0.717) is 10.1 Å². The molecule has 0 aliphatic carbocycles. The van der Waals surface area contributed by atoms with Crippen LogP contribution in [0.1, 0.15) is 21.6 Å². The minimum Gasteiger partial charge on any atom is -0.365 e. The molecule has 118 valence electrons. The van der Waals surface area contributed by atoms with Crippen LogP contribution in [0.3, 0.4) is 0 Å². The van der Waals surface area contributed by atoms with E-state index >= 15 is 0 Å². The van der Waals surface area contributed by atoms with E-state index in [2.05, 4.69) is 10.1 Å². The van der Waals surface area contributed by atoms with Gasteiger partial charge in [-0.1, -0.05) is 29.8 Å². The third-order valence-electron chi connectivity index (χ3n) is 3.38. The highest BCUT2D eigenvalue weighted by molar-refractivity contribution is 5.98. The maximum absolute atomic E-state index is 13.3. The predicted octanol–water partition coefficient (Wildman–Crippen LogP) is 2.82. The number of benzene rings is 1. The van der Waals surface area contributed by atoms with E-state index in [1.54, 1.807) is 24.3 Å². The van der Waals surface area contributed by atoms with E-state index in [-0.39, 0.29) is 16.9 Å². The summed E-state index contributed by atoms with van der Waals surface area (Å²) < 4.78 is 40.4. The molecule has 0 saturated carbocycles. The minimum atomic E-state index is -4.65. The zero-order valence-electron chi connectivity index (χ0n) is 11.9.